The van der Waals surface area contributed by atoms with Crippen LogP contribution in [0.15, 0.2) is 30.3 Å². The summed E-state index contributed by atoms with van der Waals surface area (Å²) in [6.45, 7) is 2.27. The molecule has 3 heteroatoms. The summed E-state index contributed by atoms with van der Waals surface area (Å²) in [6.07, 6.45) is 4.83. The van der Waals surface area contributed by atoms with Crippen molar-refractivity contribution in [2.75, 3.05) is 6.61 Å². The van der Waals surface area contributed by atoms with Crippen LogP contribution in [0.2, 0.25) is 0 Å². The van der Waals surface area contributed by atoms with E-state index in [1.54, 1.807) is 0 Å². The van der Waals surface area contributed by atoms with Gasteiger partial charge < -0.3 is 10.4 Å². The molecular formula is C17H25NO2. The number of rotatable bonds is 5. The quantitative estimate of drug-likeness (QED) is 0.867. The first-order valence-electron chi connectivity index (χ1n) is 7.64. The van der Waals surface area contributed by atoms with Gasteiger partial charge in [-0.2, -0.15) is 0 Å². The lowest BCUT2D eigenvalue weighted by atomic mass is 9.86. The minimum atomic E-state index is 0.00738. The molecule has 0 bridgehead atoms. The summed E-state index contributed by atoms with van der Waals surface area (Å²) < 4.78 is 0. The molecule has 0 saturated heterocycles. The highest BCUT2D eigenvalue weighted by molar-refractivity contribution is 5.78. The van der Waals surface area contributed by atoms with Gasteiger partial charge in [0.05, 0.1) is 0 Å². The van der Waals surface area contributed by atoms with Crippen LogP contribution in [0.3, 0.4) is 0 Å². The monoisotopic (exact) mass is 275 g/mol. The maximum Gasteiger partial charge on any atom is 0.223 e. The van der Waals surface area contributed by atoms with E-state index < -0.39 is 0 Å². The average Bonchev–Trinajstić information content (AvgIpc) is 2.49. The van der Waals surface area contributed by atoms with Crippen molar-refractivity contribution in [3.63, 3.8) is 0 Å². The molecule has 2 rings (SSSR count). The van der Waals surface area contributed by atoms with Crippen molar-refractivity contribution >= 4 is 5.91 Å². The average molecular weight is 275 g/mol. The van der Waals surface area contributed by atoms with Gasteiger partial charge in [-0.25, -0.2) is 0 Å². The maximum absolute atomic E-state index is 12.2. The van der Waals surface area contributed by atoms with Crippen molar-refractivity contribution in [3.8, 4) is 0 Å². The highest BCUT2D eigenvalue weighted by Gasteiger charge is 2.23. The smallest absolute Gasteiger partial charge is 0.223 e. The zero-order chi connectivity index (χ0) is 14.4. The van der Waals surface area contributed by atoms with Crippen LogP contribution >= 0.6 is 0 Å². The van der Waals surface area contributed by atoms with Crippen molar-refractivity contribution in [1.82, 2.24) is 5.32 Å². The zero-order valence-electron chi connectivity index (χ0n) is 12.2. The fourth-order valence-corrected chi connectivity index (χ4v) is 2.89. The first kappa shape index (κ1) is 15.0. The number of amides is 1. The number of hydrogen-bond donors (Lipinski definition) is 2. The van der Waals surface area contributed by atoms with Crippen molar-refractivity contribution in [2.45, 2.75) is 45.1 Å². The lowest BCUT2D eigenvalue weighted by Gasteiger charge is -2.28. The van der Waals surface area contributed by atoms with Gasteiger partial charge in [0.15, 0.2) is 0 Å². The van der Waals surface area contributed by atoms with E-state index >= 15 is 0 Å². The van der Waals surface area contributed by atoms with Gasteiger partial charge in [-0.1, -0.05) is 37.3 Å². The summed E-state index contributed by atoms with van der Waals surface area (Å²) in [4.78, 5) is 12.2. The van der Waals surface area contributed by atoms with E-state index in [-0.39, 0.29) is 18.4 Å². The lowest BCUT2D eigenvalue weighted by molar-refractivity contribution is -0.125. The van der Waals surface area contributed by atoms with Crippen LogP contribution in [-0.2, 0) is 11.2 Å². The second-order valence-corrected chi connectivity index (χ2v) is 6.00. The number of carbonyl (C=O) groups excluding carboxylic acids is 1. The van der Waals surface area contributed by atoms with E-state index in [4.69, 9.17) is 5.11 Å². The first-order valence-corrected chi connectivity index (χ1v) is 7.64. The molecule has 1 fully saturated rings. The van der Waals surface area contributed by atoms with Crippen LogP contribution in [0.25, 0.3) is 0 Å². The van der Waals surface area contributed by atoms with Crippen LogP contribution in [-0.4, -0.2) is 23.7 Å². The van der Waals surface area contributed by atoms with E-state index in [0.29, 0.717) is 12.0 Å². The molecule has 1 aliphatic carbocycles. The molecule has 0 aliphatic heterocycles. The molecule has 1 amide bonds. The van der Waals surface area contributed by atoms with Gasteiger partial charge in [0.25, 0.3) is 0 Å². The fraction of sp³-hybridized carbons (Fsp3) is 0.588. The van der Waals surface area contributed by atoms with Gasteiger partial charge >= 0.3 is 0 Å². The van der Waals surface area contributed by atoms with Crippen LogP contribution in [0.5, 0.6) is 0 Å². The predicted molar refractivity (Wildman–Crippen MR) is 80.3 cm³/mol. The second-order valence-electron chi connectivity index (χ2n) is 6.00. The number of benzene rings is 1. The molecule has 0 radical (unpaired) electrons. The Bertz CT molecular complexity index is 410. The van der Waals surface area contributed by atoms with Gasteiger partial charge in [0.2, 0.25) is 5.91 Å². The normalized spacial score (nSPS) is 24.1. The van der Waals surface area contributed by atoms with Crippen molar-refractivity contribution < 1.29 is 9.90 Å². The van der Waals surface area contributed by atoms with Crippen molar-refractivity contribution in [1.29, 1.82) is 0 Å². The van der Waals surface area contributed by atoms with E-state index in [9.17, 15) is 4.79 Å². The Balaban J connectivity index is 1.77. The Morgan fingerprint density at radius 3 is 2.50 bits per heavy atom. The zero-order valence-corrected chi connectivity index (χ0v) is 12.2. The van der Waals surface area contributed by atoms with Crippen LogP contribution in [0, 0.1) is 11.8 Å². The van der Waals surface area contributed by atoms with E-state index in [2.05, 4.69) is 17.4 Å². The molecule has 1 aromatic rings. The minimum Gasteiger partial charge on any atom is -0.396 e. The van der Waals surface area contributed by atoms with E-state index in [1.165, 1.54) is 5.56 Å². The molecule has 1 aliphatic rings. The number of nitrogens with one attached hydrogen (secondary N) is 1. The summed E-state index contributed by atoms with van der Waals surface area (Å²) in [6, 6.07) is 10.4. The van der Waals surface area contributed by atoms with E-state index in [0.717, 1.165) is 32.1 Å². The molecule has 1 aromatic carbocycles. The number of aliphatic hydroxyl groups is 1. The van der Waals surface area contributed by atoms with Crippen molar-refractivity contribution in [2.24, 2.45) is 11.8 Å². The van der Waals surface area contributed by atoms with Crippen LogP contribution < -0.4 is 5.32 Å². The molecular weight excluding hydrogens is 250 g/mol. The highest BCUT2D eigenvalue weighted by Crippen LogP contribution is 2.24. The van der Waals surface area contributed by atoms with Crippen molar-refractivity contribution in [3.05, 3.63) is 35.9 Å². The van der Waals surface area contributed by atoms with Gasteiger partial charge in [-0.05, 0) is 43.6 Å². The lowest BCUT2D eigenvalue weighted by Crippen LogP contribution is -2.41. The third kappa shape index (κ3) is 4.34. The topological polar surface area (TPSA) is 49.3 Å². The molecule has 1 atom stereocenters. The summed E-state index contributed by atoms with van der Waals surface area (Å²) >= 11 is 0. The summed E-state index contributed by atoms with van der Waals surface area (Å²) in [5.41, 5.74) is 1.21. The number of aliphatic hydroxyl groups excluding tert-OH is 1. The van der Waals surface area contributed by atoms with E-state index in [1.807, 2.05) is 25.1 Å². The standard InChI is InChI=1S/C17H25NO2/c1-13(11-14-5-3-2-4-6-14)17(20)18-16-9-7-15(12-19)8-10-16/h2-6,13,15-16,19H,7-12H2,1H3,(H,18,20). The first-order chi connectivity index (χ1) is 9.69. The Morgan fingerprint density at radius 1 is 1.25 bits per heavy atom. The molecule has 0 heterocycles. The summed E-state index contributed by atoms with van der Waals surface area (Å²) in [5.74, 6) is 0.596. The Labute approximate surface area is 121 Å². The minimum absolute atomic E-state index is 0.00738. The maximum atomic E-state index is 12.2. The number of hydrogen-bond acceptors (Lipinski definition) is 2. The van der Waals surface area contributed by atoms with Gasteiger partial charge in [0.1, 0.15) is 0 Å². The van der Waals surface area contributed by atoms with Gasteiger partial charge in [0, 0.05) is 18.6 Å². The molecule has 0 aromatic heterocycles. The second kappa shape index (κ2) is 7.44. The molecule has 110 valence electrons. The fourth-order valence-electron chi connectivity index (χ4n) is 2.89. The Hall–Kier alpha value is -1.35. The molecule has 1 unspecified atom stereocenters. The molecule has 3 nitrogen and oxygen atoms in total. The Kier molecular flexibility index (Phi) is 5.60. The largest absolute Gasteiger partial charge is 0.396 e. The molecule has 1 saturated carbocycles. The van der Waals surface area contributed by atoms with Gasteiger partial charge in [-0.3, -0.25) is 4.79 Å². The SMILES string of the molecule is CC(Cc1ccccc1)C(=O)NC1CCC(CO)CC1. The summed E-state index contributed by atoms with van der Waals surface area (Å²) in [7, 11) is 0. The number of carbonyl (C=O) groups is 1. The third-order valence-electron chi connectivity index (χ3n) is 4.28. The molecule has 2 N–H and O–H groups in total. The molecule has 20 heavy (non-hydrogen) atoms. The molecule has 0 spiro atoms. The van der Waals surface area contributed by atoms with Gasteiger partial charge in [-0.15, -0.1) is 0 Å². The summed E-state index contributed by atoms with van der Waals surface area (Å²) in [5, 5.41) is 12.3. The highest BCUT2D eigenvalue weighted by atomic mass is 16.3. The van der Waals surface area contributed by atoms with Crippen LogP contribution in [0.4, 0.5) is 0 Å². The Morgan fingerprint density at radius 2 is 1.90 bits per heavy atom. The van der Waals surface area contributed by atoms with Crippen LogP contribution in [0.1, 0.15) is 38.2 Å². The third-order valence-corrected chi connectivity index (χ3v) is 4.28. The predicted octanol–water partition coefficient (Wildman–Crippen LogP) is 2.53.